The molecule has 0 aliphatic carbocycles. The van der Waals surface area contributed by atoms with Gasteiger partial charge in [-0.25, -0.2) is 22.5 Å². The molecule has 0 aliphatic heterocycles. The Labute approximate surface area is 203 Å². The minimum atomic E-state index is -3.53. The minimum absolute atomic E-state index is 0.158. The fourth-order valence-electron chi connectivity index (χ4n) is 3.24. The summed E-state index contributed by atoms with van der Waals surface area (Å²) < 4.78 is 40.1. The second-order valence-electron chi connectivity index (χ2n) is 7.50. The topological polar surface area (TPSA) is 108 Å². The summed E-state index contributed by atoms with van der Waals surface area (Å²) in [6.45, 7) is 1.78. The summed E-state index contributed by atoms with van der Waals surface area (Å²) in [5.41, 5.74) is 6.24. The van der Waals surface area contributed by atoms with Gasteiger partial charge in [0.1, 0.15) is 5.82 Å². The Morgan fingerprint density at radius 1 is 0.971 bits per heavy atom. The first-order chi connectivity index (χ1) is 16.9. The molecule has 1 heterocycles. The number of anilines is 3. The molecule has 3 N–H and O–H groups in total. The van der Waals surface area contributed by atoms with Crippen molar-refractivity contribution in [3.05, 3.63) is 96.4 Å². The van der Waals surface area contributed by atoms with Crippen molar-refractivity contribution < 1.29 is 12.8 Å². The molecule has 3 aromatic carbocycles. The summed E-state index contributed by atoms with van der Waals surface area (Å²) in [4.78, 5) is 9.08. The molecule has 4 rings (SSSR count). The highest BCUT2D eigenvalue weighted by molar-refractivity contribution is 7.89. The molecular weight excluding hydrogens is 467 g/mol. The summed E-state index contributed by atoms with van der Waals surface area (Å²) in [6, 6.07) is 21.9. The summed E-state index contributed by atoms with van der Waals surface area (Å²) >= 11 is 0. The molecule has 0 bridgehead atoms. The van der Waals surface area contributed by atoms with Crippen LogP contribution in [0.25, 0.3) is 11.1 Å². The predicted octanol–water partition coefficient (Wildman–Crippen LogP) is 4.77. The normalized spacial score (nSPS) is 11.8. The maximum absolute atomic E-state index is 13.9. The zero-order valence-corrected chi connectivity index (χ0v) is 19.8. The molecular formula is C25H23FN6O2S. The lowest BCUT2D eigenvalue weighted by Gasteiger charge is -2.12. The fraction of sp³-hybridized carbons (Fsp3) is 0.0800. The predicted molar refractivity (Wildman–Crippen MR) is 136 cm³/mol. The maximum atomic E-state index is 13.9. The number of hydrogen-bond donors (Lipinski definition) is 3. The van der Waals surface area contributed by atoms with Gasteiger partial charge < -0.3 is 5.32 Å². The van der Waals surface area contributed by atoms with Gasteiger partial charge in [-0.15, -0.1) is 0 Å². The number of nitrogens with zero attached hydrogens (tertiary/aromatic N) is 3. The second-order valence-corrected chi connectivity index (χ2v) is 9.38. The van der Waals surface area contributed by atoms with Crippen LogP contribution in [0, 0.1) is 5.82 Å². The average molecular weight is 491 g/mol. The smallest absolute Gasteiger partial charge is 0.240 e. The Balaban J connectivity index is 1.65. The highest BCUT2D eigenvalue weighted by Crippen LogP contribution is 2.28. The molecule has 0 saturated carbocycles. The molecule has 0 amide bonds. The van der Waals surface area contributed by atoms with Gasteiger partial charge in [0.15, 0.2) is 5.82 Å². The highest BCUT2D eigenvalue weighted by atomic mass is 32.2. The van der Waals surface area contributed by atoms with Crippen LogP contribution in [0.5, 0.6) is 0 Å². The van der Waals surface area contributed by atoms with Crippen LogP contribution in [0.4, 0.5) is 21.8 Å². The van der Waals surface area contributed by atoms with Crippen molar-refractivity contribution in [2.75, 3.05) is 17.8 Å². The first kappa shape index (κ1) is 24.0. The molecule has 35 heavy (non-hydrogen) atoms. The fourth-order valence-corrected chi connectivity index (χ4v) is 3.97. The molecule has 0 saturated heterocycles. The monoisotopic (exact) mass is 490 g/mol. The number of hydrogen-bond acceptors (Lipinski definition) is 7. The van der Waals surface area contributed by atoms with Crippen molar-refractivity contribution in [1.29, 1.82) is 0 Å². The van der Waals surface area contributed by atoms with Crippen molar-refractivity contribution in [1.82, 2.24) is 14.7 Å². The van der Waals surface area contributed by atoms with E-state index in [1.165, 1.54) is 31.3 Å². The van der Waals surface area contributed by atoms with Crippen LogP contribution < -0.4 is 15.5 Å². The Morgan fingerprint density at radius 2 is 1.71 bits per heavy atom. The van der Waals surface area contributed by atoms with E-state index in [2.05, 4.69) is 30.5 Å². The molecule has 10 heteroatoms. The third kappa shape index (κ3) is 5.86. The van der Waals surface area contributed by atoms with E-state index in [1.54, 1.807) is 37.4 Å². The SMILES string of the molecule is CNS(=O)(=O)c1ccc(C(C)=NNc2nc(Nc3ccccc3)ncc2-c2cccc(F)c2)cc1. The van der Waals surface area contributed by atoms with E-state index in [0.29, 0.717) is 28.6 Å². The van der Waals surface area contributed by atoms with Crippen LogP contribution in [-0.4, -0.2) is 31.1 Å². The van der Waals surface area contributed by atoms with Crippen LogP contribution >= 0.6 is 0 Å². The van der Waals surface area contributed by atoms with Crippen molar-refractivity contribution in [2.45, 2.75) is 11.8 Å². The first-order valence-electron chi connectivity index (χ1n) is 10.6. The number of rotatable bonds is 8. The summed E-state index contributed by atoms with van der Waals surface area (Å²) in [7, 11) is -2.17. The van der Waals surface area contributed by atoms with Gasteiger partial charge in [0.2, 0.25) is 16.0 Å². The minimum Gasteiger partial charge on any atom is -0.324 e. The zero-order valence-electron chi connectivity index (χ0n) is 19.0. The van der Waals surface area contributed by atoms with E-state index < -0.39 is 10.0 Å². The lowest BCUT2D eigenvalue weighted by Crippen LogP contribution is -2.18. The van der Waals surface area contributed by atoms with Crippen LogP contribution in [0.15, 0.2) is 95.1 Å². The van der Waals surface area contributed by atoms with Gasteiger partial charge in [0.05, 0.1) is 10.6 Å². The number of para-hydroxylation sites is 1. The van der Waals surface area contributed by atoms with Gasteiger partial charge >= 0.3 is 0 Å². The molecule has 8 nitrogen and oxygen atoms in total. The Hall–Kier alpha value is -4.15. The van der Waals surface area contributed by atoms with E-state index in [9.17, 15) is 12.8 Å². The number of hydrazone groups is 1. The van der Waals surface area contributed by atoms with E-state index in [0.717, 1.165) is 11.3 Å². The molecule has 0 fully saturated rings. The average Bonchev–Trinajstić information content (AvgIpc) is 2.88. The maximum Gasteiger partial charge on any atom is 0.240 e. The summed E-state index contributed by atoms with van der Waals surface area (Å²) in [5.74, 6) is 0.335. The molecule has 0 radical (unpaired) electrons. The zero-order chi connectivity index (χ0) is 24.8. The Kier molecular flexibility index (Phi) is 7.14. The number of benzene rings is 3. The van der Waals surface area contributed by atoms with Crippen molar-refractivity contribution in [3.63, 3.8) is 0 Å². The number of halogens is 1. The third-order valence-electron chi connectivity index (χ3n) is 5.13. The van der Waals surface area contributed by atoms with E-state index in [1.807, 2.05) is 30.3 Å². The Morgan fingerprint density at radius 3 is 2.40 bits per heavy atom. The van der Waals surface area contributed by atoms with Crippen LogP contribution in [-0.2, 0) is 10.0 Å². The van der Waals surface area contributed by atoms with E-state index in [-0.39, 0.29) is 10.7 Å². The molecule has 0 spiro atoms. The number of aromatic nitrogens is 2. The van der Waals surface area contributed by atoms with E-state index in [4.69, 9.17) is 0 Å². The third-order valence-corrected chi connectivity index (χ3v) is 6.57. The van der Waals surface area contributed by atoms with Gasteiger partial charge in [-0.05, 0) is 61.5 Å². The first-order valence-corrected chi connectivity index (χ1v) is 12.1. The van der Waals surface area contributed by atoms with Crippen LogP contribution in [0.3, 0.4) is 0 Å². The lowest BCUT2D eigenvalue weighted by atomic mass is 10.1. The number of nitrogens with one attached hydrogen (secondary N) is 3. The van der Waals surface area contributed by atoms with Gasteiger partial charge in [-0.3, -0.25) is 5.43 Å². The van der Waals surface area contributed by atoms with Crippen molar-refractivity contribution >= 4 is 33.2 Å². The quantitative estimate of drug-likeness (QED) is 0.243. The molecule has 0 aliphatic rings. The molecule has 1 aromatic heterocycles. The number of sulfonamides is 1. The van der Waals surface area contributed by atoms with Gasteiger partial charge in [-0.2, -0.15) is 10.1 Å². The van der Waals surface area contributed by atoms with Crippen LogP contribution in [0.2, 0.25) is 0 Å². The van der Waals surface area contributed by atoms with Gasteiger partial charge in [0, 0.05) is 17.4 Å². The van der Waals surface area contributed by atoms with Crippen molar-refractivity contribution in [2.24, 2.45) is 5.10 Å². The molecule has 0 unspecified atom stereocenters. The lowest BCUT2D eigenvalue weighted by molar-refractivity contribution is 0.588. The Bertz CT molecular complexity index is 1460. The highest BCUT2D eigenvalue weighted by Gasteiger charge is 2.13. The van der Waals surface area contributed by atoms with Crippen molar-refractivity contribution in [3.8, 4) is 11.1 Å². The molecule has 4 aromatic rings. The molecule has 0 atom stereocenters. The standard InChI is InChI=1S/C25H23FN6O2S/c1-17(18-11-13-22(14-12-18)35(33,34)27-2)31-32-24-23(19-7-6-8-20(26)15-19)16-28-25(30-24)29-21-9-4-3-5-10-21/h3-16,27H,1-2H3,(H2,28,29,30,32). The largest absolute Gasteiger partial charge is 0.324 e. The van der Waals surface area contributed by atoms with Gasteiger partial charge in [-0.1, -0.05) is 42.5 Å². The van der Waals surface area contributed by atoms with Crippen LogP contribution in [0.1, 0.15) is 12.5 Å². The second kappa shape index (κ2) is 10.4. The van der Waals surface area contributed by atoms with Gasteiger partial charge in [0.25, 0.3) is 0 Å². The summed E-state index contributed by atoms with van der Waals surface area (Å²) in [6.07, 6.45) is 1.59. The van der Waals surface area contributed by atoms with E-state index >= 15 is 0 Å². The summed E-state index contributed by atoms with van der Waals surface area (Å²) in [5, 5.41) is 7.56. The molecule has 178 valence electrons.